The minimum Gasteiger partial charge on any atom is -0.495 e. The summed E-state index contributed by atoms with van der Waals surface area (Å²) in [5.41, 5.74) is 2.51. The van der Waals surface area contributed by atoms with E-state index in [4.69, 9.17) is 4.74 Å². The summed E-state index contributed by atoms with van der Waals surface area (Å²) in [4.78, 5) is 12.7. The molecule has 0 fully saturated rings. The topological polar surface area (TPSA) is 84.5 Å². The standard InChI is InChI=1S/C26H30N2O4S/c1-20(13-14-21-9-5-3-6-10-21)28-26(29)23-15-16-24(32-2)25(19-23)33(30,31)27-18-17-22-11-7-4-8-12-22/h3-12,15-16,19-20,27H,13-14,17-18H2,1-2H3,(H,28,29)/t20-/m0/s1. The Hall–Kier alpha value is -3.16. The molecule has 0 heterocycles. The van der Waals surface area contributed by atoms with Crippen LogP contribution in [0.2, 0.25) is 0 Å². The van der Waals surface area contributed by atoms with Crippen molar-refractivity contribution in [2.24, 2.45) is 0 Å². The van der Waals surface area contributed by atoms with E-state index in [1.807, 2.05) is 55.5 Å². The van der Waals surface area contributed by atoms with Crippen LogP contribution < -0.4 is 14.8 Å². The van der Waals surface area contributed by atoms with Crippen molar-refractivity contribution in [3.63, 3.8) is 0 Å². The average Bonchev–Trinajstić information content (AvgIpc) is 2.83. The van der Waals surface area contributed by atoms with Crippen LogP contribution in [-0.2, 0) is 22.9 Å². The molecule has 0 aliphatic carbocycles. The minimum atomic E-state index is -3.86. The summed E-state index contributed by atoms with van der Waals surface area (Å²) in [6.07, 6.45) is 2.18. The molecular weight excluding hydrogens is 436 g/mol. The van der Waals surface area contributed by atoms with Crippen molar-refractivity contribution < 1.29 is 17.9 Å². The lowest BCUT2D eigenvalue weighted by atomic mass is 10.1. The molecule has 3 aromatic carbocycles. The number of benzene rings is 3. The predicted molar refractivity (Wildman–Crippen MR) is 130 cm³/mol. The second-order valence-electron chi connectivity index (χ2n) is 7.90. The number of hydrogen-bond donors (Lipinski definition) is 2. The fraction of sp³-hybridized carbons (Fsp3) is 0.269. The molecule has 174 valence electrons. The highest BCUT2D eigenvalue weighted by molar-refractivity contribution is 7.89. The maximum absolute atomic E-state index is 12.9. The van der Waals surface area contributed by atoms with Crippen LogP contribution >= 0.6 is 0 Å². The highest BCUT2D eigenvalue weighted by Gasteiger charge is 2.22. The van der Waals surface area contributed by atoms with Crippen molar-refractivity contribution in [1.29, 1.82) is 0 Å². The van der Waals surface area contributed by atoms with Gasteiger partial charge in [-0.1, -0.05) is 60.7 Å². The van der Waals surface area contributed by atoms with E-state index in [1.54, 1.807) is 6.07 Å². The molecule has 1 amide bonds. The van der Waals surface area contributed by atoms with Crippen LogP contribution in [0, 0.1) is 0 Å². The van der Waals surface area contributed by atoms with Crippen LogP contribution in [0.5, 0.6) is 5.75 Å². The Balaban J connectivity index is 1.65. The fourth-order valence-electron chi connectivity index (χ4n) is 3.49. The first-order valence-electron chi connectivity index (χ1n) is 11.0. The molecule has 0 unspecified atom stereocenters. The molecule has 0 radical (unpaired) electrons. The van der Waals surface area contributed by atoms with Crippen molar-refractivity contribution in [2.45, 2.75) is 37.1 Å². The van der Waals surface area contributed by atoms with Crippen LogP contribution in [0.4, 0.5) is 0 Å². The molecule has 2 N–H and O–H groups in total. The Labute approximate surface area is 196 Å². The largest absolute Gasteiger partial charge is 0.495 e. The van der Waals surface area contributed by atoms with Gasteiger partial charge in [-0.05, 0) is 55.5 Å². The smallest absolute Gasteiger partial charge is 0.251 e. The zero-order valence-electron chi connectivity index (χ0n) is 19.0. The van der Waals surface area contributed by atoms with E-state index in [1.165, 1.54) is 24.8 Å². The van der Waals surface area contributed by atoms with E-state index in [0.717, 1.165) is 18.4 Å². The highest BCUT2D eigenvalue weighted by Crippen LogP contribution is 2.25. The third-order valence-corrected chi connectivity index (χ3v) is 6.83. The molecule has 7 heteroatoms. The van der Waals surface area contributed by atoms with E-state index in [2.05, 4.69) is 22.2 Å². The molecule has 0 aromatic heterocycles. The summed E-state index contributed by atoms with van der Waals surface area (Å²) in [7, 11) is -2.45. The zero-order chi connectivity index (χ0) is 23.7. The lowest BCUT2D eigenvalue weighted by Gasteiger charge is -2.16. The van der Waals surface area contributed by atoms with E-state index < -0.39 is 10.0 Å². The number of carbonyl (C=O) groups excluding carboxylic acids is 1. The first-order valence-corrected chi connectivity index (χ1v) is 12.4. The SMILES string of the molecule is COc1ccc(C(=O)N[C@@H](C)CCc2ccccc2)cc1S(=O)(=O)NCCc1ccccc1. The quantitative estimate of drug-likeness (QED) is 0.448. The number of methoxy groups -OCH3 is 1. The van der Waals surface area contributed by atoms with Gasteiger partial charge in [-0.2, -0.15) is 0 Å². The maximum Gasteiger partial charge on any atom is 0.251 e. The van der Waals surface area contributed by atoms with E-state index in [9.17, 15) is 13.2 Å². The summed E-state index contributed by atoms with van der Waals surface area (Å²) >= 11 is 0. The molecule has 0 bridgehead atoms. The van der Waals surface area contributed by atoms with Gasteiger partial charge in [0.25, 0.3) is 5.91 Å². The van der Waals surface area contributed by atoms with E-state index >= 15 is 0 Å². The Morgan fingerprint density at radius 1 is 0.909 bits per heavy atom. The van der Waals surface area contributed by atoms with Crippen LogP contribution in [-0.4, -0.2) is 34.0 Å². The van der Waals surface area contributed by atoms with Crippen LogP contribution in [0.15, 0.2) is 83.8 Å². The van der Waals surface area contributed by atoms with Gasteiger partial charge in [0, 0.05) is 18.2 Å². The molecular formula is C26H30N2O4S. The Morgan fingerprint density at radius 3 is 2.12 bits per heavy atom. The monoisotopic (exact) mass is 466 g/mol. The lowest BCUT2D eigenvalue weighted by Crippen LogP contribution is -2.33. The minimum absolute atomic E-state index is 0.0531. The summed E-state index contributed by atoms with van der Waals surface area (Å²) in [5.74, 6) is -0.130. The molecule has 6 nitrogen and oxygen atoms in total. The van der Waals surface area contributed by atoms with Gasteiger partial charge in [-0.3, -0.25) is 4.79 Å². The van der Waals surface area contributed by atoms with Crippen LogP contribution in [0.25, 0.3) is 0 Å². The van der Waals surface area contributed by atoms with Gasteiger partial charge in [0.1, 0.15) is 10.6 Å². The lowest BCUT2D eigenvalue weighted by molar-refractivity contribution is 0.0938. The molecule has 33 heavy (non-hydrogen) atoms. The normalized spacial score (nSPS) is 12.2. The Bertz CT molecular complexity index is 1150. The molecule has 0 spiro atoms. The third kappa shape index (κ3) is 7.17. The number of rotatable bonds is 11. The van der Waals surface area contributed by atoms with Gasteiger partial charge in [0.15, 0.2) is 0 Å². The summed E-state index contributed by atoms with van der Waals surface area (Å²) < 4.78 is 33.7. The van der Waals surface area contributed by atoms with Gasteiger partial charge in [-0.25, -0.2) is 13.1 Å². The van der Waals surface area contributed by atoms with E-state index in [-0.39, 0.29) is 34.7 Å². The summed E-state index contributed by atoms with van der Waals surface area (Å²) in [6.45, 7) is 2.18. The second kappa shape index (κ2) is 11.6. The number of hydrogen-bond acceptors (Lipinski definition) is 4. The number of carbonyl (C=O) groups is 1. The molecule has 0 aliphatic rings. The number of ether oxygens (including phenoxy) is 1. The van der Waals surface area contributed by atoms with Gasteiger partial charge >= 0.3 is 0 Å². The number of nitrogens with one attached hydrogen (secondary N) is 2. The van der Waals surface area contributed by atoms with Crippen LogP contribution in [0.3, 0.4) is 0 Å². The predicted octanol–water partition coefficient (Wildman–Crippen LogP) is 3.97. The van der Waals surface area contributed by atoms with Crippen molar-refractivity contribution in [2.75, 3.05) is 13.7 Å². The maximum atomic E-state index is 12.9. The van der Waals surface area contributed by atoms with Gasteiger partial charge < -0.3 is 10.1 Å². The highest BCUT2D eigenvalue weighted by atomic mass is 32.2. The Morgan fingerprint density at radius 2 is 1.52 bits per heavy atom. The Kier molecular flexibility index (Phi) is 8.63. The van der Waals surface area contributed by atoms with Gasteiger partial charge in [0.2, 0.25) is 10.0 Å². The van der Waals surface area contributed by atoms with Crippen molar-refractivity contribution >= 4 is 15.9 Å². The van der Waals surface area contributed by atoms with Crippen molar-refractivity contribution in [3.05, 3.63) is 95.6 Å². The molecule has 0 aliphatic heterocycles. The molecule has 0 saturated heterocycles. The first kappa shape index (κ1) is 24.5. The van der Waals surface area contributed by atoms with Crippen molar-refractivity contribution in [3.8, 4) is 5.75 Å². The molecule has 3 rings (SSSR count). The molecule has 1 atom stereocenters. The van der Waals surface area contributed by atoms with Gasteiger partial charge in [0.05, 0.1) is 7.11 Å². The fourth-order valence-corrected chi connectivity index (χ4v) is 4.71. The average molecular weight is 467 g/mol. The number of aryl methyl sites for hydroxylation is 1. The molecule has 3 aromatic rings. The number of amides is 1. The molecule has 0 saturated carbocycles. The zero-order valence-corrected chi connectivity index (χ0v) is 19.8. The summed E-state index contributed by atoms with van der Waals surface area (Å²) in [6, 6.07) is 24.1. The van der Waals surface area contributed by atoms with Gasteiger partial charge in [-0.15, -0.1) is 0 Å². The van der Waals surface area contributed by atoms with Crippen LogP contribution in [0.1, 0.15) is 34.8 Å². The summed E-state index contributed by atoms with van der Waals surface area (Å²) in [5, 5.41) is 2.95. The second-order valence-corrected chi connectivity index (χ2v) is 9.63. The van der Waals surface area contributed by atoms with Crippen molar-refractivity contribution in [1.82, 2.24) is 10.0 Å². The number of sulfonamides is 1. The third-order valence-electron chi connectivity index (χ3n) is 5.35. The first-order chi connectivity index (χ1) is 15.9. The van der Waals surface area contributed by atoms with E-state index in [0.29, 0.717) is 6.42 Å².